The largest absolute Gasteiger partial charge is 0.374 e. The molecule has 0 aromatic heterocycles. The average molecular weight is 157 g/mol. The van der Waals surface area contributed by atoms with E-state index in [9.17, 15) is 0 Å². The van der Waals surface area contributed by atoms with Crippen molar-refractivity contribution in [2.75, 3.05) is 19.6 Å². The third-order valence-electron chi connectivity index (χ3n) is 2.28. The Morgan fingerprint density at radius 3 is 2.73 bits per heavy atom. The first-order chi connectivity index (χ1) is 5.22. The molecule has 1 aliphatic rings. The molecule has 1 rings (SSSR count). The summed E-state index contributed by atoms with van der Waals surface area (Å²) in [4.78, 5) is 2.45. The van der Waals surface area contributed by atoms with Crippen LogP contribution in [0.4, 0.5) is 0 Å². The molecule has 0 amide bonds. The van der Waals surface area contributed by atoms with E-state index in [2.05, 4.69) is 25.7 Å². The molecule has 66 valence electrons. The van der Waals surface area contributed by atoms with Gasteiger partial charge in [-0.2, -0.15) is 0 Å². The first-order valence-corrected chi connectivity index (χ1v) is 4.60. The van der Waals surface area contributed by atoms with Crippen molar-refractivity contribution < 1.29 is 4.74 Å². The second-order valence-corrected chi connectivity index (χ2v) is 3.44. The van der Waals surface area contributed by atoms with Crippen LogP contribution >= 0.6 is 0 Å². The lowest BCUT2D eigenvalue weighted by Gasteiger charge is -2.19. The third kappa shape index (κ3) is 2.80. The first kappa shape index (κ1) is 9.01. The van der Waals surface area contributed by atoms with Crippen molar-refractivity contribution in [2.24, 2.45) is 0 Å². The maximum absolute atomic E-state index is 5.70. The molecule has 0 unspecified atom stereocenters. The van der Waals surface area contributed by atoms with Gasteiger partial charge in [0.05, 0.1) is 12.2 Å². The van der Waals surface area contributed by atoms with Crippen LogP contribution in [0, 0.1) is 0 Å². The number of hydrogen-bond acceptors (Lipinski definition) is 2. The highest BCUT2D eigenvalue weighted by atomic mass is 16.5. The molecule has 0 aliphatic carbocycles. The van der Waals surface area contributed by atoms with Gasteiger partial charge in [-0.1, -0.05) is 6.92 Å². The molecule has 0 aromatic rings. The van der Waals surface area contributed by atoms with E-state index >= 15 is 0 Å². The highest BCUT2D eigenvalue weighted by Gasteiger charge is 2.17. The molecule has 0 spiro atoms. The Hall–Kier alpha value is -0.0800. The molecule has 0 N–H and O–H groups in total. The number of likely N-dealkylation sites (N-methyl/N-ethyl adjacent to an activating group) is 1. The predicted octanol–water partition coefficient (Wildman–Crippen LogP) is 1.51. The molecule has 0 bridgehead atoms. The molecule has 0 radical (unpaired) electrons. The zero-order valence-electron chi connectivity index (χ0n) is 7.84. The number of hydrogen-bond donors (Lipinski definition) is 0. The second kappa shape index (κ2) is 4.07. The van der Waals surface area contributed by atoms with Crippen LogP contribution in [0.5, 0.6) is 0 Å². The Balaban J connectivity index is 2.39. The van der Waals surface area contributed by atoms with Crippen molar-refractivity contribution in [1.82, 2.24) is 4.90 Å². The van der Waals surface area contributed by atoms with Crippen molar-refractivity contribution >= 4 is 0 Å². The van der Waals surface area contributed by atoms with Crippen molar-refractivity contribution in [3.63, 3.8) is 0 Å². The first-order valence-electron chi connectivity index (χ1n) is 4.60. The van der Waals surface area contributed by atoms with E-state index in [1.165, 1.54) is 13.0 Å². The van der Waals surface area contributed by atoms with Gasteiger partial charge in [-0.05, 0) is 26.8 Å². The lowest BCUT2D eigenvalue weighted by Crippen LogP contribution is -2.29. The van der Waals surface area contributed by atoms with Crippen LogP contribution in [-0.4, -0.2) is 36.7 Å². The molecule has 1 heterocycles. The SMILES string of the molecule is CCN1CC[C@@H](C)O[C@@H](C)C1. The van der Waals surface area contributed by atoms with E-state index in [1.807, 2.05) is 0 Å². The Kier molecular flexibility index (Phi) is 3.34. The van der Waals surface area contributed by atoms with Crippen molar-refractivity contribution in [2.45, 2.75) is 39.4 Å². The molecule has 0 saturated carbocycles. The van der Waals surface area contributed by atoms with Gasteiger partial charge < -0.3 is 9.64 Å². The Morgan fingerprint density at radius 1 is 1.36 bits per heavy atom. The van der Waals surface area contributed by atoms with Gasteiger partial charge in [-0.25, -0.2) is 0 Å². The molecule has 1 saturated heterocycles. The van der Waals surface area contributed by atoms with E-state index in [0.717, 1.165) is 13.1 Å². The molecular formula is C9H19NO. The van der Waals surface area contributed by atoms with Crippen LogP contribution in [0.25, 0.3) is 0 Å². The summed E-state index contributed by atoms with van der Waals surface area (Å²) < 4.78 is 5.70. The molecule has 1 fully saturated rings. The summed E-state index contributed by atoms with van der Waals surface area (Å²) in [7, 11) is 0. The van der Waals surface area contributed by atoms with Crippen LogP contribution in [0.3, 0.4) is 0 Å². The molecule has 11 heavy (non-hydrogen) atoms. The summed E-state index contributed by atoms with van der Waals surface area (Å²) in [5.41, 5.74) is 0. The summed E-state index contributed by atoms with van der Waals surface area (Å²) in [5, 5.41) is 0. The molecule has 2 nitrogen and oxygen atoms in total. The fourth-order valence-corrected chi connectivity index (χ4v) is 1.61. The number of nitrogens with zero attached hydrogens (tertiary/aromatic N) is 1. The van der Waals surface area contributed by atoms with Crippen LogP contribution in [-0.2, 0) is 4.74 Å². The molecular weight excluding hydrogens is 138 g/mol. The minimum Gasteiger partial charge on any atom is -0.374 e. The maximum Gasteiger partial charge on any atom is 0.0677 e. The lowest BCUT2D eigenvalue weighted by molar-refractivity contribution is 0.0145. The van der Waals surface area contributed by atoms with Gasteiger partial charge in [0, 0.05) is 13.1 Å². The molecule has 1 aliphatic heterocycles. The van der Waals surface area contributed by atoms with E-state index in [-0.39, 0.29) is 0 Å². The van der Waals surface area contributed by atoms with E-state index < -0.39 is 0 Å². The van der Waals surface area contributed by atoms with Crippen molar-refractivity contribution in [3.8, 4) is 0 Å². The zero-order valence-corrected chi connectivity index (χ0v) is 7.84. The fraction of sp³-hybridized carbons (Fsp3) is 1.00. The molecule has 2 atom stereocenters. The summed E-state index contributed by atoms with van der Waals surface area (Å²) in [6.07, 6.45) is 2.03. The molecule has 2 heteroatoms. The van der Waals surface area contributed by atoms with E-state index in [0.29, 0.717) is 12.2 Å². The van der Waals surface area contributed by atoms with Gasteiger partial charge in [-0.3, -0.25) is 0 Å². The Labute approximate surface area is 69.5 Å². The highest BCUT2D eigenvalue weighted by Crippen LogP contribution is 2.10. The third-order valence-corrected chi connectivity index (χ3v) is 2.28. The highest BCUT2D eigenvalue weighted by molar-refractivity contribution is 4.68. The zero-order chi connectivity index (χ0) is 8.27. The van der Waals surface area contributed by atoms with Crippen LogP contribution < -0.4 is 0 Å². The Morgan fingerprint density at radius 2 is 2.09 bits per heavy atom. The van der Waals surface area contributed by atoms with Gasteiger partial charge in [0.2, 0.25) is 0 Å². The second-order valence-electron chi connectivity index (χ2n) is 3.44. The van der Waals surface area contributed by atoms with E-state index in [4.69, 9.17) is 4.74 Å². The standard InChI is InChI=1S/C9H19NO/c1-4-10-6-5-8(2)11-9(3)7-10/h8-9H,4-7H2,1-3H3/t8-,9+/m1/s1. The quantitative estimate of drug-likeness (QED) is 0.572. The Bertz CT molecular complexity index is 116. The van der Waals surface area contributed by atoms with Gasteiger partial charge in [-0.15, -0.1) is 0 Å². The summed E-state index contributed by atoms with van der Waals surface area (Å²) in [6, 6.07) is 0. The lowest BCUT2D eigenvalue weighted by atomic mass is 10.3. The predicted molar refractivity (Wildman–Crippen MR) is 46.7 cm³/mol. The smallest absolute Gasteiger partial charge is 0.0677 e. The van der Waals surface area contributed by atoms with Crippen LogP contribution in [0.15, 0.2) is 0 Å². The normalized spacial score (nSPS) is 35.2. The topological polar surface area (TPSA) is 12.5 Å². The monoisotopic (exact) mass is 157 g/mol. The summed E-state index contributed by atoms with van der Waals surface area (Å²) >= 11 is 0. The van der Waals surface area contributed by atoms with Crippen molar-refractivity contribution in [3.05, 3.63) is 0 Å². The minimum absolute atomic E-state index is 0.410. The van der Waals surface area contributed by atoms with Gasteiger partial charge >= 0.3 is 0 Å². The van der Waals surface area contributed by atoms with Gasteiger partial charge in [0.15, 0.2) is 0 Å². The van der Waals surface area contributed by atoms with Crippen LogP contribution in [0.1, 0.15) is 27.2 Å². The van der Waals surface area contributed by atoms with Crippen molar-refractivity contribution in [1.29, 1.82) is 0 Å². The van der Waals surface area contributed by atoms with Gasteiger partial charge in [0.25, 0.3) is 0 Å². The van der Waals surface area contributed by atoms with E-state index in [1.54, 1.807) is 0 Å². The fourth-order valence-electron chi connectivity index (χ4n) is 1.61. The van der Waals surface area contributed by atoms with Gasteiger partial charge in [0.1, 0.15) is 0 Å². The number of ether oxygens (including phenoxy) is 1. The molecule has 0 aromatic carbocycles. The summed E-state index contributed by atoms with van der Waals surface area (Å²) in [6.45, 7) is 9.98. The maximum atomic E-state index is 5.70. The minimum atomic E-state index is 0.410. The summed E-state index contributed by atoms with van der Waals surface area (Å²) in [5.74, 6) is 0. The number of rotatable bonds is 1. The van der Waals surface area contributed by atoms with Crippen LogP contribution in [0.2, 0.25) is 0 Å². The average Bonchev–Trinajstić information content (AvgIpc) is 2.11.